The van der Waals surface area contributed by atoms with Crippen molar-refractivity contribution in [2.45, 2.75) is 26.3 Å². The number of rotatable bonds is 3. The Morgan fingerprint density at radius 2 is 2.31 bits per heavy atom. The summed E-state index contributed by atoms with van der Waals surface area (Å²) in [7, 11) is 1.89. The SMILES string of the molecule is CCc1nn(C)cc1-c1cnc(C(C)N)o1. The molecule has 0 aliphatic heterocycles. The second-order valence-electron chi connectivity index (χ2n) is 3.87. The Kier molecular flexibility index (Phi) is 2.78. The predicted molar refractivity (Wildman–Crippen MR) is 60.7 cm³/mol. The van der Waals surface area contributed by atoms with E-state index in [2.05, 4.69) is 17.0 Å². The van der Waals surface area contributed by atoms with Gasteiger partial charge in [0.15, 0.2) is 5.76 Å². The van der Waals surface area contributed by atoms with E-state index in [9.17, 15) is 0 Å². The van der Waals surface area contributed by atoms with Gasteiger partial charge in [-0.3, -0.25) is 4.68 Å². The van der Waals surface area contributed by atoms with E-state index in [0.717, 1.165) is 23.4 Å². The summed E-state index contributed by atoms with van der Waals surface area (Å²) in [6.45, 7) is 3.91. The van der Waals surface area contributed by atoms with Gasteiger partial charge in [0.05, 0.1) is 23.5 Å². The summed E-state index contributed by atoms with van der Waals surface area (Å²) < 4.78 is 7.38. The maximum absolute atomic E-state index is 5.70. The molecule has 5 heteroatoms. The summed E-state index contributed by atoms with van der Waals surface area (Å²) >= 11 is 0. The highest BCUT2D eigenvalue weighted by Crippen LogP contribution is 2.25. The van der Waals surface area contributed by atoms with Crippen LogP contribution in [0.1, 0.15) is 31.5 Å². The Bertz CT molecular complexity index is 484. The van der Waals surface area contributed by atoms with E-state index in [1.807, 2.05) is 20.2 Å². The zero-order valence-corrected chi connectivity index (χ0v) is 9.77. The van der Waals surface area contributed by atoms with E-state index in [1.54, 1.807) is 10.9 Å². The van der Waals surface area contributed by atoms with Crippen molar-refractivity contribution in [2.75, 3.05) is 0 Å². The van der Waals surface area contributed by atoms with Crippen molar-refractivity contribution in [2.24, 2.45) is 12.8 Å². The molecular weight excluding hydrogens is 204 g/mol. The van der Waals surface area contributed by atoms with E-state index >= 15 is 0 Å². The molecule has 0 fully saturated rings. The van der Waals surface area contributed by atoms with Crippen LogP contribution in [0.25, 0.3) is 11.3 Å². The van der Waals surface area contributed by atoms with Crippen molar-refractivity contribution >= 4 is 0 Å². The molecule has 2 aromatic heterocycles. The number of nitrogens with two attached hydrogens (primary N) is 1. The molecule has 0 amide bonds. The molecule has 86 valence electrons. The summed E-state index contributed by atoms with van der Waals surface area (Å²) in [6.07, 6.45) is 4.50. The molecule has 0 radical (unpaired) electrons. The highest BCUT2D eigenvalue weighted by molar-refractivity contribution is 5.58. The van der Waals surface area contributed by atoms with Crippen LogP contribution in [0.2, 0.25) is 0 Å². The fraction of sp³-hybridized carbons (Fsp3) is 0.455. The van der Waals surface area contributed by atoms with Crippen molar-refractivity contribution < 1.29 is 4.42 Å². The van der Waals surface area contributed by atoms with Crippen LogP contribution in [0.15, 0.2) is 16.8 Å². The molecule has 0 spiro atoms. The number of nitrogens with zero attached hydrogens (tertiary/aromatic N) is 3. The average molecular weight is 220 g/mol. The molecule has 0 bridgehead atoms. The Morgan fingerprint density at radius 1 is 1.56 bits per heavy atom. The minimum absolute atomic E-state index is 0.185. The summed E-state index contributed by atoms with van der Waals surface area (Å²) in [5.41, 5.74) is 7.70. The molecule has 16 heavy (non-hydrogen) atoms. The maximum Gasteiger partial charge on any atom is 0.211 e. The van der Waals surface area contributed by atoms with Gasteiger partial charge in [-0.2, -0.15) is 5.10 Å². The molecule has 0 aromatic carbocycles. The quantitative estimate of drug-likeness (QED) is 0.854. The highest BCUT2D eigenvalue weighted by Gasteiger charge is 2.14. The lowest BCUT2D eigenvalue weighted by atomic mass is 10.2. The number of oxazole rings is 1. The van der Waals surface area contributed by atoms with Gasteiger partial charge in [0, 0.05) is 13.2 Å². The smallest absolute Gasteiger partial charge is 0.211 e. The third kappa shape index (κ3) is 1.86. The van der Waals surface area contributed by atoms with Crippen LogP contribution in [-0.4, -0.2) is 14.8 Å². The molecule has 2 aromatic rings. The molecule has 2 rings (SSSR count). The van der Waals surface area contributed by atoms with Gasteiger partial charge in [-0.25, -0.2) is 4.98 Å². The fourth-order valence-corrected chi connectivity index (χ4v) is 1.62. The van der Waals surface area contributed by atoms with Crippen LogP contribution in [0.5, 0.6) is 0 Å². The number of aromatic nitrogens is 3. The van der Waals surface area contributed by atoms with Crippen molar-refractivity contribution in [1.29, 1.82) is 0 Å². The van der Waals surface area contributed by atoms with E-state index in [0.29, 0.717) is 5.89 Å². The van der Waals surface area contributed by atoms with Crippen LogP contribution in [0.4, 0.5) is 0 Å². The standard InChI is InChI=1S/C11H16N4O/c1-4-9-8(6-15(3)14-9)10-5-13-11(16-10)7(2)12/h5-7H,4,12H2,1-3H3. The Morgan fingerprint density at radius 3 is 2.88 bits per heavy atom. The van der Waals surface area contributed by atoms with E-state index < -0.39 is 0 Å². The first-order chi connectivity index (χ1) is 7.61. The van der Waals surface area contributed by atoms with E-state index in [1.165, 1.54) is 0 Å². The van der Waals surface area contributed by atoms with Gasteiger partial charge >= 0.3 is 0 Å². The zero-order valence-electron chi connectivity index (χ0n) is 9.77. The molecule has 2 heterocycles. The Balaban J connectivity index is 2.41. The van der Waals surface area contributed by atoms with Crippen LogP contribution in [-0.2, 0) is 13.5 Å². The monoisotopic (exact) mass is 220 g/mol. The van der Waals surface area contributed by atoms with Gasteiger partial charge in [0.25, 0.3) is 0 Å². The first kappa shape index (κ1) is 10.9. The lowest BCUT2D eigenvalue weighted by molar-refractivity contribution is 0.473. The predicted octanol–water partition coefficient (Wildman–Crippen LogP) is 1.66. The average Bonchev–Trinajstić information content (AvgIpc) is 2.82. The summed E-state index contributed by atoms with van der Waals surface area (Å²) in [5, 5.41) is 4.36. The normalized spacial score (nSPS) is 13.0. The van der Waals surface area contributed by atoms with Crippen molar-refractivity contribution in [1.82, 2.24) is 14.8 Å². The van der Waals surface area contributed by atoms with Gasteiger partial charge in [0.2, 0.25) is 5.89 Å². The van der Waals surface area contributed by atoms with Crippen LogP contribution in [0, 0.1) is 0 Å². The number of hydrogen-bond donors (Lipinski definition) is 1. The second kappa shape index (κ2) is 4.09. The second-order valence-corrected chi connectivity index (χ2v) is 3.87. The first-order valence-corrected chi connectivity index (χ1v) is 5.36. The van der Waals surface area contributed by atoms with Crippen molar-refractivity contribution in [3.63, 3.8) is 0 Å². The molecule has 0 aliphatic carbocycles. The number of aryl methyl sites for hydroxylation is 2. The van der Waals surface area contributed by atoms with Crippen LogP contribution >= 0.6 is 0 Å². The van der Waals surface area contributed by atoms with Crippen LogP contribution < -0.4 is 5.73 Å². The zero-order chi connectivity index (χ0) is 11.7. The third-order valence-corrected chi connectivity index (χ3v) is 2.42. The molecular formula is C11H16N4O. The minimum atomic E-state index is -0.185. The lowest BCUT2D eigenvalue weighted by Crippen LogP contribution is -2.04. The van der Waals surface area contributed by atoms with E-state index in [-0.39, 0.29) is 6.04 Å². The van der Waals surface area contributed by atoms with Gasteiger partial charge in [-0.1, -0.05) is 6.92 Å². The summed E-state index contributed by atoms with van der Waals surface area (Å²) in [6, 6.07) is -0.185. The molecule has 5 nitrogen and oxygen atoms in total. The largest absolute Gasteiger partial charge is 0.439 e. The molecule has 1 atom stereocenters. The van der Waals surface area contributed by atoms with Crippen LogP contribution in [0.3, 0.4) is 0 Å². The molecule has 2 N–H and O–H groups in total. The fourth-order valence-electron chi connectivity index (χ4n) is 1.62. The molecule has 0 saturated heterocycles. The first-order valence-electron chi connectivity index (χ1n) is 5.36. The van der Waals surface area contributed by atoms with E-state index in [4.69, 9.17) is 10.2 Å². The van der Waals surface area contributed by atoms with Gasteiger partial charge in [-0.05, 0) is 13.3 Å². The van der Waals surface area contributed by atoms with Gasteiger partial charge in [0.1, 0.15) is 0 Å². The maximum atomic E-state index is 5.70. The topological polar surface area (TPSA) is 69.9 Å². The van der Waals surface area contributed by atoms with Gasteiger partial charge < -0.3 is 10.2 Å². The lowest BCUT2D eigenvalue weighted by Gasteiger charge is -1.97. The highest BCUT2D eigenvalue weighted by atomic mass is 16.4. The number of hydrogen-bond acceptors (Lipinski definition) is 4. The third-order valence-electron chi connectivity index (χ3n) is 2.42. The Labute approximate surface area is 94.3 Å². The minimum Gasteiger partial charge on any atom is -0.439 e. The van der Waals surface area contributed by atoms with Crippen molar-refractivity contribution in [3.05, 3.63) is 24.0 Å². The molecule has 0 aliphatic rings. The Hall–Kier alpha value is -1.62. The summed E-state index contributed by atoms with van der Waals surface area (Å²) in [4.78, 5) is 4.15. The molecule has 0 saturated carbocycles. The van der Waals surface area contributed by atoms with Gasteiger partial charge in [-0.15, -0.1) is 0 Å². The molecule has 1 unspecified atom stereocenters. The van der Waals surface area contributed by atoms with Crippen molar-refractivity contribution in [3.8, 4) is 11.3 Å². The summed E-state index contributed by atoms with van der Waals surface area (Å²) in [5.74, 6) is 1.29.